The number of hydrogen-bond donors (Lipinski definition) is 2. The van der Waals surface area contributed by atoms with Crippen LogP contribution < -0.4 is 15.0 Å². The monoisotopic (exact) mass is 504 g/mol. The number of phenolic OH excluding ortho intramolecular Hbond substituents is 1. The van der Waals surface area contributed by atoms with Crippen LogP contribution in [0.1, 0.15) is 58.8 Å². The summed E-state index contributed by atoms with van der Waals surface area (Å²) in [7, 11) is 1.39. The summed E-state index contributed by atoms with van der Waals surface area (Å²) in [4.78, 5) is 10.8. The fraction of sp³-hybridized carbons (Fsp3) is 0.500. The zero-order valence-electron chi connectivity index (χ0n) is 21.5. The molecular weight excluding hydrogens is 471 g/mol. The molecule has 1 aliphatic carbocycles. The Labute approximate surface area is 216 Å². The summed E-state index contributed by atoms with van der Waals surface area (Å²) in [6, 6.07) is 7.59. The average Bonchev–Trinajstić information content (AvgIpc) is 3.69. The van der Waals surface area contributed by atoms with Gasteiger partial charge in [0.05, 0.1) is 18.9 Å². The van der Waals surface area contributed by atoms with Crippen molar-refractivity contribution < 1.29 is 14.2 Å². The molecule has 2 aliphatic heterocycles. The van der Waals surface area contributed by atoms with E-state index in [9.17, 15) is 9.50 Å². The second-order valence-corrected chi connectivity index (χ2v) is 11.4. The van der Waals surface area contributed by atoms with E-state index in [-0.39, 0.29) is 22.6 Å². The number of halogens is 1. The Morgan fingerprint density at radius 1 is 1.00 bits per heavy atom. The van der Waals surface area contributed by atoms with Crippen LogP contribution in [-0.4, -0.2) is 55.5 Å². The van der Waals surface area contributed by atoms with Crippen molar-refractivity contribution in [2.75, 3.05) is 12.0 Å². The maximum absolute atomic E-state index is 13.7. The minimum absolute atomic E-state index is 0.0152. The van der Waals surface area contributed by atoms with Gasteiger partial charge in [0.15, 0.2) is 17.4 Å². The van der Waals surface area contributed by atoms with Crippen LogP contribution >= 0.6 is 0 Å². The van der Waals surface area contributed by atoms with Gasteiger partial charge in [0.2, 0.25) is 0 Å². The van der Waals surface area contributed by atoms with Crippen LogP contribution in [-0.2, 0) is 0 Å². The molecule has 6 rings (SSSR count). The fourth-order valence-corrected chi connectivity index (χ4v) is 6.50. The standard InChI is InChI=1S/C28H33FN6O2/c1-27-9-4-10-28(2,34-27)14-20(13-27)35(19-6-7-19)24-16-31-26(33-32-24)21-8-5-17(11-22(21)36)18-12-23(37-3)25(29)30-15-18/h5,8,11-12,15-16,19-20,34,36H,4,6-7,9-10,13-14H2,1-3H3/t20?,27-,28+. The van der Waals surface area contributed by atoms with Crippen molar-refractivity contribution in [1.82, 2.24) is 25.5 Å². The molecule has 3 fully saturated rings. The first-order valence-corrected chi connectivity index (χ1v) is 13.1. The predicted molar refractivity (Wildman–Crippen MR) is 139 cm³/mol. The van der Waals surface area contributed by atoms with E-state index in [1.807, 2.05) is 6.07 Å². The largest absolute Gasteiger partial charge is 0.507 e. The van der Waals surface area contributed by atoms with Gasteiger partial charge in [-0.15, -0.1) is 10.2 Å². The lowest BCUT2D eigenvalue weighted by atomic mass is 9.69. The number of aromatic hydroxyl groups is 1. The number of pyridine rings is 1. The topological polar surface area (TPSA) is 96.3 Å². The van der Waals surface area contributed by atoms with Gasteiger partial charge in [-0.2, -0.15) is 4.39 Å². The minimum Gasteiger partial charge on any atom is -0.507 e. The number of nitrogens with one attached hydrogen (secondary N) is 1. The molecule has 0 spiro atoms. The third kappa shape index (κ3) is 4.61. The maximum atomic E-state index is 13.7. The van der Waals surface area contributed by atoms with Gasteiger partial charge in [0.25, 0.3) is 5.95 Å². The van der Waals surface area contributed by atoms with Gasteiger partial charge in [0, 0.05) is 34.9 Å². The molecule has 0 amide bonds. The van der Waals surface area contributed by atoms with E-state index < -0.39 is 5.95 Å². The lowest BCUT2D eigenvalue weighted by Crippen LogP contribution is -2.67. The van der Waals surface area contributed by atoms with Crippen LogP contribution in [0.2, 0.25) is 0 Å². The summed E-state index contributed by atoms with van der Waals surface area (Å²) in [6.07, 6.45) is 11.4. The quantitative estimate of drug-likeness (QED) is 0.459. The Bertz CT molecular complexity index is 1300. The van der Waals surface area contributed by atoms with Gasteiger partial charge in [-0.05, 0) is 82.6 Å². The average molecular weight is 505 g/mol. The van der Waals surface area contributed by atoms with Crippen LogP contribution in [0.25, 0.3) is 22.5 Å². The number of phenols is 1. The van der Waals surface area contributed by atoms with Crippen molar-refractivity contribution in [2.24, 2.45) is 0 Å². The summed E-state index contributed by atoms with van der Waals surface area (Å²) in [5.41, 5.74) is 2.10. The van der Waals surface area contributed by atoms with Crippen molar-refractivity contribution >= 4 is 5.82 Å². The molecule has 3 atom stereocenters. The Balaban J connectivity index is 1.25. The number of benzene rings is 1. The molecule has 4 heterocycles. The normalized spacial score (nSPS) is 27.1. The molecule has 2 aromatic heterocycles. The molecule has 37 heavy (non-hydrogen) atoms. The Kier molecular flexibility index (Phi) is 5.78. The number of aromatic nitrogens is 4. The third-order valence-electron chi connectivity index (χ3n) is 8.18. The number of anilines is 1. The van der Waals surface area contributed by atoms with Crippen molar-refractivity contribution in [1.29, 1.82) is 0 Å². The van der Waals surface area contributed by atoms with Gasteiger partial charge in [-0.25, -0.2) is 9.97 Å². The smallest absolute Gasteiger partial charge is 0.255 e. The Morgan fingerprint density at radius 2 is 1.76 bits per heavy atom. The highest BCUT2D eigenvalue weighted by Crippen LogP contribution is 2.45. The van der Waals surface area contributed by atoms with Gasteiger partial charge in [0.1, 0.15) is 5.75 Å². The molecule has 1 unspecified atom stereocenters. The number of rotatable bonds is 6. The van der Waals surface area contributed by atoms with E-state index in [1.54, 1.807) is 24.4 Å². The number of hydrogen-bond acceptors (Lipinski definition) is 8. The van der Waals surface area contributed by atoms with Crippen LogP contribution in [0.15, 0.2) is 36.7 Å². The maximum Gasteiger partial charge on any atom is 0.255 e. The molecule has 2 saturated heterocycles. The molecule has 3 aliphatic rings. The molecule has 1 saturated carbocycles. The zero-order chi connectivity index (χ0) is 25.8. The molecule has 194 valence electrons. The predicted octanol–water partition coefficient (Wildman–Crippen LogP) is 4.88. The molecule has 0 radical (unpaired) electrons. The Hall–Kier alpha value is -3.33. The first-order chi connectivity index (χ1) is 17.8. The molecule has 9 heteroatoms. The lowest BCUT2D eigenvalue weighted by molar-refractivity contribution is 0.0766. The van der Waals surface area contributed by atoms with Crippen LogP contribution in [0.3, 0.4) is 0 Å². The highest BCUT2D eigenvalue weighted by molar-refractivity contribution is 5.73. The van der Waals surface area contributed by atoms with E-state index in [1.165, 1.54) is 45.4 Å². The van der Waals surface area contributed by atoms with Crippen LogP contribution in [0, 0.1) is 5.95 Å². The van der Waals surface area contributed by atoms with Gasteiger partial charge < -0.3 is 20.1 Å². The number of nitrogens with zero attached hydrogens (tertiary/aromatic N) is 5. The molecule has 8 nitrogen and oxygen atoms in total. The van der Waals surface area contributed by atoms with E-state index in [4.69, 9.17) is 4.74 Å². The zero-order valence-corrected chi connectivity index (χ0v) is 21.5. The minimum atomic E-state index is -0.678. The lowest BCUT2D eigenvalue weighted by Gasteiger charge is -2.55. The number of ether oxygens (including phenoxy) is 1. The van der Waals surface area contributed by atoms with Crippen LogP contribution in [0.4, 0.5) is 10.2 Å². The summed E-state index contributed by atoms with van der Waals surface area (Å²) >= 11 is 0. The molecule has 2 bridgehead atoms. The van der Waals surface area contributed by atoms with Gasteiger partial charge in [-0.3, -0.25) is 0 Å². The first kappa shape index (κ1) is 24.0. The number of fused-ring (bicyclic) bond motifs is 2. The Morgan fingerprint density at radius 3 is 2.38 bits per heavy atom. The third-order valence-corrected chi connectivity index (χ3v) is 8.18. The van der Waals surface area contributed by atoms with E-state index >= 15 is 0 Å². The fourth-order valence-electron chi connectivity index (χ4n) is 6.50. The second kappa shape index (κ2) is 8.90. The SMILES string of the molecule is COc1cc(-c2ccc(-c3ncc(N(C4CC4)C4C[C@]5(C)CCC[C@](C)(C4)N5)nn3)c(O)c2)cnc1F. The first-order valence-electron chi connectivity index (χ1n) is 13.1. The van der Waals surface area contributed by atoms with Gasteiger partial charge in [-0.1, -0.05) is 6.07 Å². The molecule has 2 N–H and O–H groups in total. The summed E-state index contributed by atoms with van der Waals surface area (Å²) in [5, 5.41) is 23.7. The van der Waals surface area contributed by atoms with Crippen molar-refractivity contribution in [3.8, 4) is 34.0 Å². The second-order valence-electron chi connectivity index (χ2n) is 11.4. The highest BCUT2D eigenvalue weighted by Gasteiger charge is 2.49. The molecule has 3 aromatic rings. The molecule has 1 aromatic carbocycles. The number of methoxy groups -OCH3 is 1. The summed E-state index contributed by atoms with van der Waals surface area (Å²) in [5.74, 6) is 0.553. The van der Waals surface area contributed by atoms with E-state index in [0.29, 0.717) is 34.6 Å². The van der Waals surface area contributed by atoms with E-state index in [2.05, 4.69) is 44.2 Å². The summed E-state index contributed by atoms with van der Waals surface area (Å²) < 4.78 is 18.7. The number of piperidine rings is 2. The van der Waals surface area contributed by atoms with Crippen molar-refractivity contribution in [3.63, 3.8) is 0 Å². The van der Waals surface area contributed by atoms with Crippen LogP contribution in [0.5, 0.6) is 11.5 Å². The van der Waals surface area contributed by atoms with Gasteiger partial charge >= 0.3 is 0 Å². The van der Waals surface area contributed by atoms with Crippen molar-refractivity contribution in [2.45, 2.75) is 82.0 Å². The van der Waals surface area contributed by atoms with Crippen molar-refractivity contribution in [3.05, 3.63) is 42.6 Å². The molecular formula is C28H33FN6O2. The highest BCUT2D eigenvalue weighted by atomic mass is 19.1. The van der Waals surface area contributed by atoms with E-state index in [0.717, 1.165) is 18.7 Å². The summed E-state index contributed by atoms with van der Waals surface area (Å²) in [6.45, 7) is 4.72.